The maximum Gasteiger partial charge on any atom is 0.252 e. The van der Waals surface area contributed by atoms with Crippen LogP contribution < -0.4 is 5.32 Å². The van der Waals surface area contributed by atoms with E-state index in [2.05, 4.69) is 5.32 Å². The van der Waals surface area contributed by atoms with Crippen LogP contribution in [0.4, 0.5) is 4.39 Å². The largest absolute Gasteiger partial charge is 0.332 e. The summed E-state index contributed by atoms with van der Waals surface area (Å²) in [5, 5.41) is 11.8. The Bertz CT molecular complexity index is 1100. The summed E-state index contributed by atoms with van der Waals surface area (Å²) < 4.78 is 41.5. The van der Waals surface area contributed by atoms with Gasteiger partial charge in [0, 0.05) is 24.2 Å². The highest BCUT2D eigenvalue weighted by atomic mass is 35.5. The van der Waals surface area contributed by atoms with Crippen LogP contribution in [0, 0.1) is 23.1 Å². The lowest BCUT2D eigenvalue weighted by Gasteiger charge is -2.30. The molecule has 0 bridgehead atoms. The fraction of sp³-hybridized carbons (Fsp3) is 0.333. The van der Waals surface area contributed by atoms with Crippen LogP contribution in [0.1, 0.15) is 41.7 Å². The van der Waals surface area contributed by atoms with Gasteiger partial charge in [-0.15, -0.1) is 0 Å². The number of piperidine rings is 1. The molecule has 0 radical (unpaired) electrons. The lowest BCUT2D eigenvalue weighted by Crippen LogP contribution is -2.39. The van der Waals surface area contributed by atoms with Crippen molar-refractivity contribution >= 4 is 27.5 Å². The van der Waals surface area contributed by atoms with E-state index < -0.39 is 27.8 Å². The Hall–Kier alpha value is -2.47. The lowest BCUT2D eigenvalue weighted by atomic mass is 10.0. The number of sulfonamides is 1. The van der Waals surface area contributed by atoms with Crippen molar-refractivity contribution in [2.45, 2.75) is 30.7 Å². The Kier molecular flexibility index (Phi) is 6.76. The summed E-state index contributed by atoms with van der Waals surface area (Å²) in [5.41, 5.74) is 0.0390. The minimum absolute atomic E-state index is 0.00992. The van der Waals surface area contributed by atoms with Crippen LogP contribution in [0.15, 0.2) is 47.4 Å². The van der Waals surface area contributed by atoms with Crippen LogP contribution in [-0.2, 0) is 10.0 Å². The molecule has 2 aromatic carbocycles. The molecule has 0 aliphatic carbocycles. The van der Waals surface area contributed by atoms with Crippen LogP contribution in [0.25, 0.3) is 0 Å². The molecule has 1 N–H and O–H groups in total. The third kappa shape index (κ3) is 4.64. The van der Waals surface area contributed by atoms with Gasteiger partial charge in [-0.25, -0.2) is 12.8 Å². The van der Waals surface area contributed by atoms with E-state index in [1.807, 2.05) is 13.0 Å². The van der Waals surface area contributed by atoms with E-state index in [0.717, 1.165) is 12.8 Å². The molecule has 1 heterocycles. The molecular weight excluding hydrogens is 429 g/mol. The minimum Gasteiger partial charge on any atom is -0.332 e. The average molecular weight is 450 g/mol. The van der Waals surface area contributed by atoms with E-state index in [1.54, 1.807) is 6.07 Å². The molecule has 1 aliphatic rings. The van der Waals surface area contributed by atoms with E-state index >= 15 is 0 Å². The first-order valence-electron chi connectivity index (χ1n) is 9.48. The standard InChI is InChI=1S/C21H21ClFN3O3S/c1-14-5-4-10-26(13-14)30(28,29)20-11-15(8-9-17(20)22)21(27)25-19(12-24)16-6-2-3-7-18(16)23/h2-3,6-9,11,14,19H,4-5,10,13H2,1H3,(H,25,27). The Balaban J connectivity index is 1.88. The van der Waals surface area contributed by atoms with Gasteiger partial charge in [0.1, 0.15) is 16.8 Å². The summed E-state index contributed by atoms with van der Waals surface area (Å²) in [6.45, 7) is 2.76. The first-order valence-corrected chi connectivity index (χ1v) is 11.3. The monoisotopic (exact) mass is 449 g/mol. The Morgan fingerprint density at radius 3 is 2.73 bits per heavy atom. The number of nitriles is 1. The summed E-state index contributed by atoms with van der Waals surface area (Å²) in [7, 11) is -3.88. The van der Waals surface area contributed by atoms with Crippen LogP contribution in [0.3, 0.4) is 0 Å². The second kappa shape index (κ2) is 9.13. The van der Waals surface area contributed by atoms with Crippen LogP contribution in [-0.4, -0.2) is 31.7 Å². The van der Waals surface area contributed by atoms with Gasteiger partial charge in [-0.05, 0) is 43.0 Å². The van der Waals surface area contributed by atoms with Crippen LogP contribution in [0.5, 0.6) is 0 Å². The zero-order valence-corrected chi connectivity index (χ0v) is 17.9. The van der Waals surface area contributed by atoms with Crippen molar-refractivity contribution < 1.29 is 17.6 Å². The van der Waals surface area contributed by atoms with Crippen molar-refractivity contribution in [3.63, 3.8) is 0 Å². The Morgan fingerprint density at radius 2 is 2.07 bits per heavy atom. The van der Waals surface area contributed by atoms with Crippen molar-refractivity contribution in [1.29, 1.82) is 5.26 Å². The second-order valence-electron chi connectivity index (χ2n) is 7.31. The molecular formula is C21H21ClFN3O3S. The number of nitrogens with one attached hydrogen (secondary N) is 1. The van der Waals surface area contributed by atoms with Crippen LogP contribution in [0.2, 0.25) is 5.02 Å². The van der Waals surface area contributed by atoms with Gasteiger partial charge in [0.25, 0.3) is 5.91 Å². The molecule has 3 rings (SSSR count). The molecule has 1 saturated heterocycles. The number of rotatable bonds is 5. The summed E-state index contributed by atoms with van der Waals surface area (Å²) in [6.07, 6.45) is 1.71. The quantitative estimate of drug-likeness (QED) is 0.749. The third-order valence-corrected chi connectivity index (χ3v) is 7.40. The summed E-state index contributed by atoms with van der Waals surface area (Å²) >= 11 is 6.15. The summed E-state index contributed by atoms with van der Waals surface area (Å²) in [6, 6.07) is 10.2. The van der Waals surface area contributed by atoms with Gasteiger partial charge in [0.05, 0.1) is 11.1 Å². The van der Waals surface area contributed by atoms with Gasteiger partial charge in [-0.3, -0.25) is 4.79 Å². The number of carbonyl (C=O) groups excluding carboxylic acids is 1. The van der Waals surface area contributed by atoms with E-state index in [0.29, 0.717) is 13.1 Å². The van der Waals surface area contributed by atoms with Crippen molar-refractivity contribution in [3.05, 3.63) is 64.4 Å². The topological polar surface area (TPSA) is 90.3 Å². The van der Waals surface area contributed by atoms with Gasteiger partial charge in [-0.1, -0.05) is 36.7 Å². The van der Waals surface area contributed by atoms with Crippen molar-refractivity contribution in [2.24, 2.45) is 5.92 Å². The normalized spacial score (nSPS) is 18.4. The number of carbonyl (C=O) groups is 1. The van der Waals surface area contributed by atoms with E-state index in [1.165, 1.54) is 40.7 Å². The average Bonchev–Trinajstić information content (AvgIpc) is 2.72. The molecule has 158 valence electrons. The summed E-state index contributed by atoms with van der Waals surface area (Å²) in [5.74, 6) is -1.09. The first-order chi connectivity index (χ1) is 14.2. The number of hydrogen-bond acceptors (Lipinski definition) is 4. The predicted molar refractivity (Wildman–Crippen MR) is 111 cm³/mol. The number of nitrogens with zero attached hydrogens (tertiary/aromatic N) is 2. The van der Waals surface area contributed by atoms with Gasteiger partial charge in [0.2, 0.25) is 10.0 Å². The van der Waals surface area contributed by atoms with Crippen molar-refractivity contribution in [3.8, 4) is 6.07 Å². The van der Waals surface area contributed by atoms with Crippen molar-refractivity contribution in [1.82, 2.24) is 9.62 Å². The molecule has 30 heavy (non-hydrogen) atoms. The number of amides is 1. The highest BCUT2D eigenvalue weighted by molar-refractivity contribution is 7.89. The van der Waals surface area contributed by atoms with Gasteiger partial charge >= 0.3 is 0 Å². The van der Waals surface area contributed by atoms with E-state index in [4.69, 9.17) is 11.6 Å². The smallest absolute Gasteiger partial charge is 0.252 e. The highest BCUT2D eigenvalue weighted by Crippen LogP contribution is 2.29. The first kappa shape index (κ1) is 22.2. The molecule has 1 amide bonds. The van der Waals surface area contributed by atoms with E-state index in [9.17, 15) is 22.9 Å². The molecule has 0 aromatic heterocycles. The Morgan fingerprint density at radius 1 is 1.33 bits per heavy atom. The van der Waals surface area contributed by atoms with Crippen molar-refractivity contribution in [2.75, 3.05) is 13.1 Å². The molecule has 0 spiro atoms. The molecule has 2 aromatic rings. The highest BCUT2D eigenvalue weighted by Gasteiger charge is 2.31. The molecule has 1 aliphatic heterocycles. The van der Waals surface area contributed by atoms with Gasteiger partial charge in [-0.2, -0.15) is 9.57 Å². The second-order valence-corrected chi connectivity index (χ2v) is 9.63. The molecule has 2 unspecified atom stereocenters. The minimum atomic E-state index is -3.88. The molecule has 0 saturated carbocycles. The third-order valence-electron chi connectivity index (χ3n) is 5.05. The Labute approximate surface area is 180 Å². The van der Waals surface area contributed by atoms with E-state index in [-0.39, 0.29) is 27.0 Å². The SMILES string of the molecule is CC1CCCN(S(=O)(=O)c2cc(C(=O)NC(C#N)c3ccccc3F)ccc2Cl)C1. The fourth-order valence-corrected chi connectivity index (χ4v) is 5.55. The zero-order chi connectivity index (χ0) is 21.9. The molecule has 1 fully saturated rings. The summed E-state index contributed by atoms with van der Waals surface area (Å²) in [4.78, 5) is 12.5. The number of hydrogen-bond donors (Lipinski definition) is 1. The lowest BCUT2D eigenvalue weighted by molar-refractivity contribution is 0.0944. The number of halogens is 2. The van der Waals surface area contributed by atoms with Gasteiger partial charge < -0.3 is 5.32 Å². The molecule has 9 heteroatoms. The zero-order valence-electron chi connectivity index (χ0n) is 16.3. The number of benzene rings is 2. The van der Waals surface area contributed by atoms with Crippen LogP contribution >= 0.6 is 11.6 Å². The van der Waals surface area contributed by atoms with Gasteiger partial charge in [0.15, 0.2) is 0 Å². The maximum absolute atomic E-state index is 14.0. The predicted octanol–water partition coefficient (Wildman–Crippen LogP) is 3.89. The molecule has 6 nitrogen and oxygen atoms in total. The maximum atomic E-state index is 14.0. The fourth-order valence-electron chi connectivity index (χ4n) is 3.45. The molecule has 2 atom stereocenters.